The van der Waals surface area contributed by atoms with Crippen molar-refractivity contribution in [3.8, 4) is 0 Å². The zero-order chi connectivity index (χ0) is 16.2. The minimum Gasteiger partial charge on any atom is -0.481 e. The molecule has 18 heavy (non-hydrogen) atoms. The van der Waals surface area contributed by atoms with Gasteiger partial charge in [0.2, 0.25) is 0 Å². The third-order valence-corrected chi connectivity index (χ3v) is 2.31. The van der Waals surface area contributed by atoms with E-state index in [0.717, 1.165) is 6.07 Å². The first-order chi connectivity index (χ1) is 9.68. The maximum absolute atomic E-state index is 14.3. The molecule has 0 fully saturated rings. The van der Waals surface area contributed by atoms with Crippen molar-refractivity contribution in [2.45, 2.75) is 26.1 Å². The molecule has 1 aromatic carbocycles. The molecule has 1 rings (SSSR count). The molecule has 0 radical (unpaired) electrons. The smallest absolute Gasteiger partial charge is 0.310 e. The van der Waals surface area contributed by atoms with Gasteiger partial charge in [0.1, 0.15) is 5.82 Å². The lowest BCUT2D eigenvalue weighted by molar-refractivity contribution is -0.142. The summed E-state index contributed by atoms with van der Waals surface area (Å²) in [6, 6.07) is 3.69. The lowest BCUT2D eigenvalue weighted by Crippen LogP contribution is -2.13. The van der Waals surface area contributed by atoms with E-state index in [0.29, 0.717) is 0 Å². The maximum Gasteiger partial charge on any atom is 0.310 e. The van der Waals surface area contributed by atoms with E-state index in [2.05, 4.69) is 4.74 Å². The number of rotatable bonds is 5. The summed E-state index contributed by atoms with van der Waals surface area (Å²) < 4.78 is 40.7. The number of carboxylic acids is 1. The van der Waals surface area contributed by atoms with Gasteiger partial charge in [-0.2, -0.15) is 0 Å². The number of carbonyl (C=O) groups is 2. The second kappa shape index (κ2) is 6.14. The van der Waals surface area contributed by atoms with E-state index >= 15 is 0 Å². The number of hydrogen-bond acceptors (Lipinski definition) is 3. The fourth-order valence-electron chi connectivity index (χ4n) is 1.46. The Hall–Kier alpha value is -1.91. The fourth-order valence-corrected chi connectivity index (χ4v) is 1.46. The first-order valence-corrected chi connectivity index (χ1v) is 5.34. The van der Waals surface area contributed by atoms with E-state index in [1.807, 2.05) is 0 Å². The standard InChI is InChI=1S/C13H15FO4/c1-3-18-11(15)7-9-5-4-6-10(12(9)14)8(2)13(16)17/h4-6,8H,3,7H2,1-2H3,(H,16,17)/t8-/m0/s1/i2D3. The highest BCUT2D eigenvalue weighted by molar-refractivity contribution is 5.76. The highest BCUT2D eigenvalue weighted by Gasteiger charge is 2.20. The Kier molecular flexibility index (Phi) is 3.43. The van der Waals surface area contributed by atoms with Crippen LogP contribution in [0.2, 0.25) is 0 Å². The highest BCUT2D eigenvalue weighted by Crippen LogP contribution is 2.22. The van der Waals surface area contributed by atoms with Crippen LogP contribution in [0, 0.1) is 5.82 Å². The Morgan fingerprint density at radius 2 is 2.28 bits per heavy atom. The molecule has 1 aromatic rings. The Morgan fingerprint density at radius 1 is 1.56 bits per heavy atom. The van der Waals surface area contributed by atoms with Crippen LogP contribution in [-0.2, 0) is 20.7 Å². The molecule has 0 saturated carbocycles. The molecule has 0 aliphatic heterocycles. The fraction of sp³-hybridized carbons (Fsp3) is 0.385. The molecule has 4 nitrogen and oxygen atoms in total. The van der Waals surface area contributed by atoms with Gasteiger partial charge in [-0.15, -0.1) is 0 Å². The third-order valence-electron chi connectivity index (χ3n) is 2.31. The molecule has 0 saturated heterocycles. The predicted octanol–water partition coefficient (Wildman–Crippen LogP) is 2.12. The topological polar surface area (TPSA) is 63.6 Å². The van der Waals surface area contributed by atoms with Crippen molar-refractivity contribution < 1.29 is 27.9 Å². The Morgan fingerprint density at radius 3 is 2.83 bits per heavy atom. The lowest BCUT2D eigenvalue weighted by atomic mass is 9.97. The zero-order valence-corrected chi connectivity index (χ0v) is 9.77. The molecular weight excluding hydrogens is 239 g/mol. The van der Waals surface area contributed by atoms with Gasteiger partial charge < -0.3 is 9.84 Å². The molecule has 0 bridgehead atoms. The van der Waals surface area contributed by atoms with Crippen molar-refractivity contribution in [2.24, 2.45) is 0 Å². The number of esters is 1. The number of hydrogen-bond donors (Lipinski definition) is 1. The molecule has 5 heteroatoms. The zero-order valence-electron chi connectivity index (χ0n) is 12.8. The van der Waals surface area contributed by atoms with Gasteiger partial charge in [0.15, 0.2) is 0 Å². The first kappa shape index (κ1) is 10.1. The van der Waals surface area contributed by atoms with E-state index < -0.39 is 36.1 Å². The minimum atomic E-state index is -2.89. The van der Waals surface area contributed by atoms with Gasteiger partial charge in [-0.1, -0.05) is 18.2 Å². The van der Waals surface area contributed by atoms with Crippen LogP contribution in [0.4, 0.5) is 4.39 Å². The molecule has 1 atom stereocenters. The summed E-state index contributed by atoms with van der Waals surface area (Å²) in [5.74, 6) is -5.31. The van der Waals surface area contributed by atoms with Gasteiger partial charge in [0.25, 0.3) is 0 Å². The van der Waals surface area contributed by atoms with Gasteiger partial charge in [0, 0.05) is 9.68 Å². The van der Waals surface area contributed by atoms with Gasteiger partial charge in [0.05, 0.1) is 18.9 Å². The third kappa shape index (κ3) is 3.29. The monoisotopic (exact) mass is 257 g/mol. The van der Waals surface area contributed by atoms with Crippen LogP contribution in [-0.4, -0.2) is 23.7 Å². The molecule has 1 N–H and O–H groups in total. The molecule has 0 aliphatic rings. The van der Waals surface area contributed by atoms with Crippen LogP contribution in [0.3, 0.4) is 0 Å². The summed E-state index contributed by atoms with van der Waals surface area (Å²) in [4.78, 5) is 22.5. The lowest BCUT2D eigenvalue weighted by Gasteiger charge is -2.11. The SMILES string of the molecule is [2H]C([2H])([2H])[C@H](C(=O)O)c1cccc(CC(=O)OCC)c1F. The second-order valence-corrected chi connectivity index (χ2v) is 3.57. The minimum absolute atomic E-state index is 0.0959. The second-order valence-electron chi connectivity index (χ2n) is 3.57. The van der Waals surface area contributed by atoms with Crippen molar-refractivity contribution >= 4 is 11.9 Å². The van der Waals surface area contributed by atoms with Crippen molar-refractivity contribution in [3.63, 3.8) is 0 Å². The first-order valence-electron chi connectivity index (χ1n) is 6.84. The molecule has 0 aliphatic carbocycles. The van der Waals surface area contributed by atoms with E-state index in [1.165, 1.54) is 12.1 Å². The largest absolute Gasteiger partial charge is 0.481 e. The van der Waals surface area contributed by atoms with Gasteiger partial charge >= 0.3 is 11.9 Å². The average molecular weight is 257 g/mol. The van der Waals surface area contributed by atoms with E-state index in [1.54, 1.807) is 6.92 Å². The van der Waals surface area contributed by atoms with Gasteiger partial charge in [-0.25, -0.2) is 4.39 Å². The van der Waals surface area contributed by atoms with Crippen LogP contribution in [0.1, 0.15) is 34.9 Å². The van der Waals surface area contributed by atoms with Crippen molar-refractivity contribution in [2.75, 3.05) is 6.61 Å². The highest BCUT2D eigenvalue weighted by atomic mass is 19.1. The van der Waals surface area contributed by atoms with E-state index in [9.17, 15) is 14.0 Å². The Bertz CT molecular complexity index is 543. The van der Waals surface area contributed by atoms with Crippen molar-refractivity contribution in [1.29, 1.82) is 0 Å². The molecule has 0 spiro atoms. The summed E-state index contributed by atoms with van der Waals surface area (Å²) >= 11 is 0. The van der Waals surface area contributed by atoms with Crippen LogP contribution < -0.4 is 0 Å². The van der Waals surface area contributed by atoms with Crippen molar-refractivity contribution in [3.05, 3.63) is 35.1 Å². The van der Waals surface area contributed by atoms with E-state index in [4.69, 9.17) is 9.22 Å². The number of carboxylic acid groups (broad SMARTS) is 1. The van der Waals surface area contributed by atoms with Crippen LogP contribution in [0.25, 0.3) is 0 Å². The van der Waals surface area contributed by atoms with Crippen molar-refractivity contribution in [1.82, 2.24) is 0 Å². The predicted molar refractivity (Wildman–Crippen MR) is 62.8 cm³/mol. The molecule has 0 amide bonds. The molecule has 0 unspecified atom stereocenters. The summed E-state index contributed by atoms with van der Waals surface area (Å²) in [5, 5.41) is 9.03. The summed E-state index contributed by atoms with van der Waals surface area (Å²) in [5.41, 5.74) is -0.564. The number of ether oxygens (including phenoxy) is 1. The number of carbonyl (C=O) groups excluding carboxylic acids is 1. The normalized spacial score (nSPS) is 15.1. The van der Waals surface area contributed by atoms with Gasteiger partial charge in [-0.05, 0) is 19.3 Å². The number of aliphatic carboxylic acids is 1. The number of benzene rings is 1. The summed E-state index contributed by atoms with van der Waals surface area (Å²) in [7, 11) is 0. The molecular formula is C13H15FO4. The molecule has 98 valence electrons. The summed E-state index contributed by atoms with van der Waals surface area (Å²) in [6.45, 7) is -1.16. The maximum atomic E-state index is 14.3. The molecule has 0 aromatic heterocycles. The van der Waals surface area contributed by atoms with Gasteiger partial charge in [-0.3, -0.25) is 9.59 Å². The Labute approximate surface area is 109 Å². The Balaban J connectivity index is 3.20. The average Bonchev–Trinajstić information content (AvgIpc) is 2.32. The van der Waals surface area contributed by atoms with Crippen LogP contribution in [0.15, 0.2) is 18.2 Å². The van der Waals surface area contributed by atoms with E-state index in [-0.39, 0.29) is 18.6 Å². The summed E-state index contributed by atoms with van der Waals surface area (Å²) in [6.07, 6.45) is -0.388. The van der Waals surface area contributed by atoms with Crippen LogP contribution >= 0.6 is 0 Å². The quantitative estimate of drug-likeness (QED) is 0.821. The number of halogens is 1. The molecule has 0 heterocycles. The van der Waals surface area contributed by atoms with Crippen LogP contribution in [0.5, 0.6) is 0 Å².